The van der Waals surface area contributed by atoms with Crippen molar-refractivity contribution in [2.75, 3.05) is 13.1 Å². The summed E-state index contributed by atoms with van der Waals surface area (Å²) in [4.78, 5) is 26.0. The normalized spacial score (nSPS) is 20.9. The Kier molecular flexibility index (Phi) is 5.53. The first kappa shape index (κ1) is 19.4. The molecule has 0 aliphatic heterocycles. The Bertz CT molecular complexity index is 886. The Balaban J connectivity index is 1.34. The molecule has 0 atom stereocenters. The van der Waals surface area contributed by atoms with Gasteiger partial charge in [-0.3, -0.25) is 19.2 Å². The SMILES string of the molecule is Cn1cc(Oc2ccccc2C(=O)NC2CC(N(CC(=O)O)CC3CC3)C2)cn1. The fraction of sp³-hybridized carbons (Fsp3) is 0.476. The lowest BCUT2D eigenvalue weighted by molar-refractivity contribution is -0.139. The van der Waals surface area contributed by atoms with Gasteiger partial charge in [-0.15, -0.1) is 0 Å². The highest BCUT2D eigenvalue weighted by atomic mass is 16.5. The summed E-state index contributed by atoms with van der Waals surface area (Å²) < 4.78 is 7.46. The molecule has 2 fully saturated rings. The van der Waals surface area contributed by atoms with Crippen LogP contribution in [-0.2, 0) is 11.8 Å². The molecular weight excluding hydrogens is 372 g/mol. The molecule has 2 aromatic rings. The molecule has 0 radical (unpaired) electrons. The Morgan fingerprint density at radius 3 is 2.72 bits per heavy atom. The molecule has 4 rings (SSSR count). The van der Waals surface area contributed by atoms with Gasteiger partial charge in [0.2, 0.25) is 0 Å². The number of hydrogen-bond donors (Lipinski definition) is 2. The Morgan fingerprint density at radius 1 is 1.31 bits per heavy atom. The summed E-state index contributed by atoms with van der Waals surface area (Å²) in [5, 5.41) is 16.3. The lowest BCUT2D eigenvalue weighted by Crippen LogP contribution is -2.55. The van der Waals surface area contributed by atoms with Crippen molar-refractivity contribution in [1.82, 2.24) is 20.0 Å². The Hall–Kier alpha value is -2.87. The first-order chi connectivity index (χ1) is 14.0. The van der Waals surface area contributed by atoms with E-state index in [9.17, 15) is 9.59 Å². The number of nitrogens with zero attached hydrogens (tertiary/aromatic N) is 3. The number of carboxylic acid groups (broad SMARTS) is 1. The van der Waals surface area contributed by atoms with Gasteiger partial charge in [-0.05, 0) is 43.7 Å². The number of aromatic nitrogens is 2. The zero-order valence-corrected chi connectivity index (χ0v) is 16.5. The summed E-state index contributed by atoms with van der Waals surface area (Å²) in [5.41, 5.74) is 0.472. The van der Waals surface area contributed by atoms with Crippen LogP contribution in [0, 0.1) is 5.92 Å². The van der Waals surface area contributed by atoms with Gasteiger partial charge in [-0.25, -0.2) is 0 Å². The molecule has 1 aromatic carbocycles. The van der Waals surface area contributed by atoms with Gasteiger partial charge in [-0.1, -0.05) is 12.1 Å². The molecule has 0 saturated heterocycles. The highest BCUT2D eigenvalue weighted by Gasteiger charge is 2.38. The van der Waals surface area contributed by atoms with E-state index in [0.717, 1.165) is 19.4 Å². The Labute approximate surface area is 169 Å². The van der Waals surface area contributed by atoms with Crippen molar-refractivity contribution in [3.63, 3.8) is 0 Å². The number of hydrogen-bond acceptors (Lipinski definition) is 5. The molecule has 1 aromatic heterocycles. The van der Waals surface area contributed by atoms with Gasteiger partial charge >= 0.3 is 5.97 Å². The number of para-hydroxylation sites is 1. The van der Waals surface area contributed by atoms with Gasteiger partial charge in [0.05, 0.1) is 24.5 Å². The summed E-state index contributed by atoms with van der Waals surface area (Å²) in [5.74, 6) is 0.718. The largest absolute Gasteiger partial charge is 0.480 e. The summed E-state index contributed by atoms with van der Waals surface area (Å²) in [7, 11) is 1.80. The lowest BCUT2D eigenvalue weighted by atomic mass is 9.85. The third kappa shape index (κ3) is 4.95. The van der Waals surface area contributed by atoms with Crippen LogP contribution in [0.3, 0.4) is 0 Å². The van der Waals surface area contributed by atoms with Crippen molar-refractivity contribution >= 4 is 11.9 Å². The van der Waals surface area contributed by atoms with E-state index in [1.54, 1.807) is 42.3 Å². The predicted octanol–water partition coefficient (Wildman–Crippen LogP) is 2.27. The molecule has 2 aliphatic rings. The number of benzene rings is 1. The van der Waals surface area contributed by atoms with E-state index in [1.807, 2.05) is 6.07 Å². The van der Waals surface area contributed by atoms with Gasteiger partial charge < -0.3 is 15.2 Å². The molecule has 1 amide bonds. The zero-order chi connectivity index (χ0) is 20.4. The van der Waals surface area contributed by atoms with Crippen LogP contribution in [0.2, 0.25) is 0 Å². The van der Waals surface area contributed by atoms with Gasteiger partial charge in [-0.2, -0.15) is 5.10 Å². The molecule has 8 nitrogen and oxygen atoms in total. The van der Waals surface area contributed by atoms with Crippen molar-refractivity contribution in [3.05, 3.63) is 42.2 Å². The van der Waals surface area contributed by atoms with Crippen LogP contribution in [0.1, 0.15) is 36.0 Å². The summed E-state index contributed by atoms with van der Waals surface area (Å²) >= 11 is 0. The summed E-state index contributed by atoms with van der Waals surface area (Å²) in [6.45, 7) is 0.920. The second-order valence-corrected chi connectivity index (χ2v) is 8.01. The average Bonchev–Trinajstić information content (AvgIpc) is 3.37. The third-order valence-corrected chi connectivity index (χ3v) is 5.53. The maximum absolute atomic E-state index is 12.8. The molecule has 29 heavy (non-hydrogen) atoms. The molecule has 0 unspecified atom stereocenters. The maximum atomic E-state index is 12.8. The van der Waals surface area contributed by atoms with Crippen molar-refractivity contribution in [1.29, 1.82) is 0 Å². The number of carbonyl (C=O) groups is 2. The van der Waals surface area contributed by atoms with Crippen LogP contribution >= 0.6 is 0 Å². The summed E-state index contributed by atoms with van der Waals surface area (Å²) in [6.07, 6.45) is 7.27. The highest BCUT2D eigenvalue weighted by molar-refractivity contribution is 5.97. The van der Waals surface area contributed by atoms with Gasteiger partial charge in [0, 0.05) is 25.7 Å². The minimum absolute atomic E-state index is 0.0504. The van der Waals surface area contributed by atoms with Crippen molar-refractivity contribution in [2.24, 2.45) is 13.0 Å². The van der Waals surface area contributed by atoms with Crippen LogP contribution < -0.4 is 10.1 Å². The van der Waals surface area contributed by atoms with Crippen LogP contribution in [0.25, 0.3) is 0 Å². The molecular formula is C21H26N4O4. The van der Waals surface area contributed by atoms with Gasteiger partial charge in [0.15, 0.2) is 5.75 Å². The zero-order valence-electron chi connectivity index (χ0n) is 16.5. The minimum atomic E-state index is -0.792. The number of rotatable bonds is 9. The summed E-state index contributed by atoms with van der Waals surface area (Å²) in [6, 6.07) is 7.40. The van der Waals surface area contributed by atoms with Gasteiger partial charge in [0.1, 0.15) is 5.75 Å². The molecule has 0 spiro atoms. The minimum Gasteiger partial charge on any atom is -0.480 e. The molecule has 8 heteroatoms. The van der Waals surface area contributed by atoms with Crippen LogP contribution in [0.4, 0.5) is 0 Å². The second kappa shape index (κ2) is 8.24. The first-order valence-electron chi connectivity index (χ1n) is 10.00. The van der Waals surface area contributed by atoms with Crippen molar-refractivity contribution in [3.8, 4) is 11.5 Å². The topological polar surface area (TPSA) is 96.7 Å². The monoisotopic (exact) mass is 398 g/mol. The Morgan fingerprint density at radius 2 is 2.07 bits per heavy atom. The smallest absolute Gasteiger partial charge is 0.317 e. The fourth-order valence-electron chi connectivity index (χ4n) is 3.74. The number of nitrogens with one attached hydrogen (secondary N) is 1. The van der Waals surface area contributed by atoms with E-state index >= 15 is 0 Å². The lowest BCUT2D eigenvalue weighted by Gasteiger charge is -2.42. The van der Waals surface area contributed by atoms with Crippen LogP contribution in [0.15, 0.2) is 36.7 Å². The molecule has 1 heterocycles. The standard InChI is InChI=1S/C21H26N4O4/c1-24-12-17(10-22-24)29-19-5-3-2-4-18(19)21(28)23-15-8-16(9-15)25(13-20(26)27)11-14-6-7-14/h2-5,10,12,14-16H,6-9,11,13H2,1H3,(H,23,28)(H,26,27). The quantitative estimate of drug-likeness (QED) is 0.673. The van der Waals surface area contributed by atoms with Crippen molar-refractivity contribution in [2.45, 2.75) is 37.8 Å². The van der Waals surface area contributed by atoms with Gasteiger partial charge in [0.25, 0.3) is 5.91 Å². The number of carbonyl (C=O) groups excluding carboxylic acids is 1. The fourth-order valence-corrected chi connectivity index (χ4v) is 3.74. The predicted molar refractivity (Wildman–Crippen MR) is 106 cm³/mol. The number of amides is 1. The van der Waals surface area contributed by atoms with Crippen LogP contribution in [-0.4, -0.2) is 56.8 Å². The molecule has 0 bridgehead atoms. The van der Waals surface area contributed by atoms with Crippen LogP contribution in [0.5, 0.6) is 11.5 Å². The van der Waals surface area contributed by atoms with E-state index in [-0.39, 0.29) is 24.5 Å². The molecule has 2 aliphatic carbocycles. The first-order valence-corrected chi connectivity index (χ1v) is 10.00. The van der Waals surface area contributed by atoms with E-state index in [2.05, 4.69) is 15.3 Å². The highest BCUT2D eigenvalue weighted by Crippen LogP contribution is 2.34. The van der Waals surface area contributed by atoms with E-state index < -0.39 is 5.97 Å². The second-order valence-electron chi connectivity index (χ2n) is 8.01. The molecule has 154 valence electrons. The van der Waals surface area contributed by atoms with Crippen molar-refractivity contribution < 1.29 is 19.4 Å². The van der Waals surface area contributed by atoms with E-state index in [0.29, 0.717) is 23.0 Å². The maximum Gasteiger partial charge on any atom is 0.317 e. The molecule has 2 N–H and O–H groups in total. The number of ether oxygens (including phenoxy) is 1. The average molecular weight is 398 g/mol. The number of aliphatic carboxylic acids is 1. The molecule has 2 saturated carbocycles. The van der Waals surface area contributed by atoms with E-state index in [1.165, 1.54) is 12.8 Å². The third-order valence-electron chi connectivity index (χ3n) is 5.53. The number of aryl methyl sites for hydroxylation is 1. The van der Waals surface area contributed by atoms with E-state index in [4.69, 9.17) is 9.84 Å². The number of carboxylic acids is 1.